The highest BCUT2D eigenvalue weighted by atomic mass is 32.2. The van der Waals surface area contributed by atoms with Crippen molar-refractivity contribution in [2.24, 2.45) is 0 Å². The molecule has 0 aromatic heterocycles. The first-order valence-corrected chi connectivity index (χ1v) is 7.04. The summed E-state index contributed by atoms with van der Waals surface area (Å²) < 4.78 is 24.7. The van der Waals surface area contributed by atoms with Gasteiger partial charge in [-0.2, -0.15) is 11.8 Å². The van der Waals surface area contributed by atoms with Crippen molar-refractivity contribution >= 4 is 21.8 Å². The van der Waals surface area contributed by atoms with Crippen molar-refractivity contribution in [3.8, 4) is 0 Å². The highest BCUT2D eigenvalue weighted by Gasteiger charge is 2.18. The third-order valence-electron chi connectivity index (χ3n) is 1.91. The number of aliphatic hydroxyl groups is 1. The summed E-state index contributed by atoms with van der Waals surface area (Å²) in [4.78, 5) is 0. The zero-order valence-corrected chi connectivity index (χ0v) is 9.03. The van der Waals surface area contributed by atoms with E-state index in [9.17, 15) is 8.42 Å². The second-order valence-corrected chi connectivity index (χ2v) is 6.36. The van der Waals surface area contributed by atoms with E-state index in [1.165, 1.54) is 6.42 Å². The van der Waals surface area contributed by atoms with Crippen molar-refractivity contribution in [3.05, 3.63) is 0 Å². The molecular weight excluding hydrogens is 210 g/mol. The van der Waals surface area contributed by atoms with Gasteiger partial charge in [0.2, 0.25) is 10.0 Å². The Hall–Kier alpha value is 0.220. The predicted octanol–water partition coefficient (Wildman–Crippen LogP) is -0.206. The van der Waals surface area contributed by atoms with Crippen LogP contribution in [0.15, 0.2) is 0 Å². The maximum atomic E-state index is 11.1. The number of hydrogen-bond acceptors (Lipinski definition) is 4. The molecule has 2 N–H and O–H groups in total. The lowest BCUT2D eigenvalue weighted by molar-refractivity contribution is 0.319. The van der Waals surface area contributed by atoms with Gasteiger partial charge in [0, 0.05) is 11.8 Å². The highest BCUT2D eigenvalue weighted by Crippen LogP contribution is 2.25. The van der Waals surface area contributed by atoms with Gasteiger partial charge in [0.05, 0.1) is 12.4 Å². The van der Waals surface area contributed by atoms with E-state index >= 15 is 0 Å². The van der Waals surface area contributed by atoms with Crippen LogP contribution in [0.4, 0.5) is 0 Å². The summed E-state index contributed by atoms with van der Waals surface area (Å²) in [6.45, 7) is 0.195. The highest BCUT2D eigenvalue weighted by molar-refractivity contribution is 8.00. The molecule has 1 saturated heterocycles. The molecule has 0 aromatic rings. The van der Waals surface area contributed by atoms with Gasteiger partial charge in [0.1, 0.15) is 0 Å². The number of thioether (sulfide) groups is 1. The molecule has 0 bridgehead atoms. The van der Waals surface area contributed by atoms with Gasteiger partial charge in [0.15, 0.2) is 0 Å². The summed E-state index contributed by atoms with van der Waals surface area (Å²) in [7, 11) is -3.23. The monoisotopic (exact) mass is 225 g/mol. The lowest BCUT2D eigenvalue weighted by Gasteiger charge is -2.09. The Morgan fingerprint density at radius 1 is 1.54 bits per heavy atom. The number of rotatable bonds is 5. The zero-order valence-electron chi connectivity index (χ0n) is 7.40. The quantitative estimate of drug-likeness (QED) is 0.679. The van der Waals surface area contributed by atoms with Crippen LogP contribution in [-0.4, -0.2) is 43.4 Å². The molecule has 1 atom stereocenters. The fourth-order valence-corrected chi connectivity index (χ4v) is 3.36. The van der Waals surface area contributed by atoms with E-state index in [0.29, 0.717) is 11.8 Å². The van der Waals surface area contributed by atoms with Gasteiger partial charge in [-0.3, -0.25) is 0 Å². The van der Waals surface area contributed by atoms with E-state index in [1.807, 2.05) is 11.8 Å². The fraction of sp³-hybridized carbons (Fsp3) is 1.00. The van der Waals surface area contributed by atoms with Gasteiger partial charge in [-0.1, -0.05) is 0 Å². The lowest BCUT2D eigenvalue weighted by atomic mass is 10.2. The molecule has 0 spiro atoms. The van der Waals surface area contributed by atoms with Crippen molar-refractivity contribution in [1.29, 1.82) is 0 Å². The summed E-state index contributed by atoms with van der Waals surface area (Å²) in [5.41, 5.74) is 0. The minimum atomic E-state index is -3.23. The Kier molecular flexibility index (Phi) is 4.51. The lowest BCUT2D eigenvalue weighted by Crippen LogP contribution is -2.32. The smallest absolute Gasteiger partial charge is 0.213 e. The van der Waals surface area contributed by atoms with Crippen LogP contribution in [0.3, 0.4) is 0 Å². The van der Waals surface area contributed by atoms with Crippen molar-refractivity contribution < 1.29 is 13.5 Å². The Balaban J connectivity index is 2.24. The average Bonchev–Trinajstić information content (AvgIpc) is 2.52. The summed E-state index contributed by atoms with van der Waals surface area (Å²) >= 11 is 1.81. The minimum Gasteiger partial charge on any atom is -0.395 e. The van der Waals surface area contributed by atoms with E-state index in [4.69, 9.17) is 5.11 Å². The molecule has 0 aliphatic carbocycles. The molecule has 78 valence electrons. The molecule has 1 aliphatic rings. The standard InChI is InChI=1S/C7H15NO3S2/c9-3-5-13(10,11)8-6-7-2-1-4-12-7/h7-9H,1-6H2. The third kappa shape index (κ3) is 4.30. The number of sulfonamides is 1. The Morgan fingerprint density at radius 2 is 2.31 bits per heavy atom. The normalized spacial score (nSPS) is 23.6. The first-order chi connectivity index (χ1) is 6.14. The van der Waals surface area contributed by atoms with E-state index in [1.54, 1.807) is 0 Å². The van der Waals surface area contributed by atoms with E-state index in [0.717, 1.165) is 12.2 Å². The molecule has 1 rings (SSSR count). The van der Waals surface area contributed by atoms with Gasteiger partial charge >= 0.3 is 0 Å². The zero-order chi connectivity index (χ0) is 9.73. The summed E-state index contributed by atoms with van der Waals surface area (Å²) in [6.07, 6.45) is 2.27. The van der Waals surface area contributed by atoms with Crippen molar-refractivity contribution in [2.75, 3.05) is 24.7 Å². The van der Waals surface area contributed by atoms with Gasteiger partial charge < -0.3 is 5.11 Å². The molecule has 1 fully saturated rings. The Morgan fingerprint density at radius 3 is 2.85 bits per heavy atom. The fourth-order valence-electron chi connectivity index (χ4n) is 1.22. The van der Waals surface area contributed by atoms with Crippen molar-refractivity contribution in [2.45, 2.75) is 18.1 Å². The Bertz CT molecular complexity index is 234. The molecule has 0 radical (unpaired) electrons. The molecule has 0 saturated carbocycles. The van der Waals surface area contributed by atoms with Crippen LogP contribution in [0.25, 0.3) is 0 Å². The summed E-state index contributed by atoms with van der Waals surface area (Å²) in [6, 6.07) is 0. The first kappa shape index (κ1) is 11.3. The van der Waals surface area contributed by atoms with Crippen LogP contribution < -0.4 is 4.72 Å². The molecule has 4 nitrogen and oxygen atoms in total. The topological polar surface area (TPSA) is 66.4 Å². The second kappa shape index (κ2) is 5.19. The molecule has 0 aromatic carbocycles. The predicted molar refractivity (Wildman–Crippen MR) is 54.4 cm³/mol. The average molecular weight is 225 g/mol. The SMILES string of the molecule is O=S(=O)(CCO)NCC1CCCS1. The molecule has 0 amide bonds. The van der Waals surface area contributed by atoms with Gasteiger partial charge in [-0.15, -0.1) is 0 Å². The van der Waals surface area contributed by atoms with Crippen LogP contribution in [0.1, 0.15) is 12.8 Å². The van der Waals surface area contributed by atoms with E-state index < -0.39 is 10.0 Å². The minimum absolute atomic E-state index is 0.190. The van der Waals surface area contributed by atoms with Gasteiger partial charge in [-0.25, -0.2) is 13.1 Å². The van der Waals surface area contributed by atoms with Gasteiger partial charge in [-0.05, 0) is 18.6 Å². The van der Waals surface area contributed by atoms with E-state index in [-0.39, 0.29) is 12.4 Å². The van der Waals surface area contributed by atoms with Gasteiger partial charge in [0.25, 0.3) is 0 Å². The summed E-state index contributed by atoms with van der Waals surface area (Å²) in [5, 5.41) is 8.89. The number of aliphatic hydroxyl groups excluding tert-OH is 1. The number of hydrogen-bond donors (Lipinski definition) is 2. The number of nitrogens with one attached hydrogen (secondary N) is 1. The van der Waals surface area contributed by atoms with Crippen molar-refractivity contribution in [3.63, 3.8) is 0 Å². The second-order valence-electron chi connectivity index (χ2n) is 3.03. The molecule has 1 aliphatic heterocycles. The molecule has 1 heterocycles. The molecule has 1 unspecified atom stereocenters. The third-order valence-corrected chi connectivity index (χ3v) is 4.64. The molecule has 6 heteroatoms. The maximum absolute atomic E-state index is 11.1. The maximum Gasteiger partial charge on any atom is 0.213 e. The van der Waals surface area contributed by atoms with Crippen LogP contribution in [0.2, 0.25) is 0 Å². The Labute approximate surface area is 83.2 Å². The van der Waals surface area contributed by atoms with Crippen LogP contribution >= 0.6 is 11.8 Å². The largest absolute Gasteiger partial charge is 0.395 e. The van der Waals surface area contributed by atoms with Crippen molar-refractivity contribution in [1.82, 2.24) is 4.72 Å². The first-order valence-electron chi connectivity index (χ1n) is 4.34. The van der Waals surface area contributed by atoms with Crippen LogP contribution in [0, 0.1) is 0 Å². The van der Waals surface area contributed by atoms with E-state index in [2.05, 4.69) is 4.72 Å². The summed E-state index contributed by atoms with van der Waals surface area (Å²) in [5.74, 6) is 0.941. The van der Waals surface area contributed by atoms with Crippen LogP contribution in [0.5, 0.6) is 0 Å². The molecular formula is C7H15NO3S2. The van der Waals surface area contributed by atoms with Crippen LogP contribution in [-0.2, 0) is 10.0 Å². The molecule has 13 heavy (non-hydrogen) atoms.